The first-order valence-corrected chi connectivity index (χ1v) is 7.37. The Morgan fingerprint density at radius 2 is 2.42 bits per heavy atom. The van der Waals surface area contributed by atoms with E-state index in [0.717, 1.165) is 29.9 Å². The summed E-state index contributed by atoms with van der Waals surface area (Å²) in [5, 5.41) is 0. The van der Waals surface area contributed by atoms with E-state index in [1.54, 1.807) is 0 Å². The third-order valence-electron chi connectivity index (χ3n) is 2.94. The molecule has 0 radical (unpaired) electrons. The molecular weight excluding hydrogens is 328 g/mol. The Morgan fingerprint density at radius 1 is 1.58 bits per heavy atom. The highest BCUT2D eigenvalue weighted by atomic mass is 79.9. The van der Waals surface area contributed by atoms with Crippen molar-refractivity contribution in [2.45, 2.75) is 6.10 Å². The van der Waals surface area contributed by atoms with Crippen molar-refractivity contribution >= 4 is 33.1 Å². The molecule has 2 rings (SSSR count). The van der Waals surface area contributed by atoms with Crippen molar-refractivity contribution in [3.8, 4) is 5.75 Å². The largest absolute Gasteiger partial charge is 0.492 e. The number of rotatable bonds is 5. The van der Waals surface area contributed by atoms with Crippen LogP contribution in [0.1, 0.15) is 0 Å². The molecule has 19 heavy (non-hydrogen) atoms. The van der Waals surface area contributed by atoms with E-state index in [0.29, 0.717) is 18.2 Å². The number of thiocarbonyl (C=S) groups is 1. The van der Waals surface area contributed by atoms with E-state index in [1.165, 1.54) is 0 Å². The van der Waals surface area contributed by atoms with Gasteiger partial charge in [-0.3, -0.25) is 4.90 Å². The molecule has 1 unspecified atom stereocenters. The summed E-state index contributed by atoms with van der Waals surface area (Å²) in [5.74, 6) is 0.869. The molecule has 2 N–H and O–H groups in total. The average molecular weight is 345 g/mol. The molecule has 1 aromatic carbocycles. The van der Waals surface area contributed by atoms with Crippen LogP contribution in [0, 0.1) is 0 Å². The van der Waals surface area contributed by atoms with Gasteiger partial charge in [-0.2, -0.15) is 0 Å². The van der Waals surface area contributed by atoms with E-state index in [4.69, 9.17) is 27.4 Å². The molecule has 4 nitrogen and oxygen atoms in total. The molecular formula is C13H17BrN2O2S. The summed E-state index contributed by atoms with van der Waals surface area (Å²) in [4.78, 5) is 2.68. The summed E-state index contributed by atoms with van der Waals surface area (Å²) in [7, 11) is 0. The van der Waals surface area contributed by atoms with Gasteiger partial charge in [-0.05, 0) is 18.2 Å². The molecule has 0 bridgehead atoms. The zero-order valence-corrected chi connectivity index (χ0v) is 13.0. The van der Waals surface area contributed by atoms with Crippen LogP contribution in [-0.4, -0.2) is 48.8 Å². The Morgan fingerprint density at radius 3 is 3.16 bits per heavy atom. The SMILES string of the molecule is NC(=S)C1CN(CCOc2cccc(Br)c2)CCO1. The Kier molecular flexibility index (Phi) is 5.57. The number of nitrogens with two attached hydrogens (primary N) is 1. The van der Waals surface area contributed by atoms with E-state index in [1.807, 2.05) is 24.3 Å². The highest BCUT2D eigenvalue weighted by Crippen LogP contribution is 2.17. The zero-order chi connectivity index (χ0) is 13.7. The van der Waals surface area contributed by atoms with Crippen molar-refractivity contribution in [1.29, 1.82) is 0 Å². The number of nitrogens with zero attached hydrogens (tertiary/aromatic N) is 1. The van der Waals surface area contributed by atoms with Crippen LogP contribution in [0.2, 0.25) is 0 Å². The number of ether oxygens (including phenoxy) is 2. The molecule has 1 fully saturated rings. The van der Waals surface area contributed by atoms with E-state index in [-0.39, 0.29) is 6.10 Å². The van der Waals surface area contributed by atoms with Gasteiger partial charge in [-0.15, -0.1) is 0 Å². The van der Waals surface area contributed by atoms with Crippen LogP contribution in [0.25, 0.3) is 0 Å². The molecule has 1 heterocycles. The minimum Gasteiger partial charge on any atom is -0.492 e. The fourth-order valence-electron chi connectivity index (χ4n) is 1.93. The fraction of sp³-hybridized carbons (Fsp3) is 0.462. The molecule has 6 heteroatoms. The highest BCUT2D eigenvalue weighted by Gasteiger charge is 2.22. The summed E-state index contributed by atoms with van der Waals surface area (Å²) in [6.45, 7) is 3.78. The maximum absolute atomic E-state index is 5.71. The fourth-order valence-corrected chi connectivity index (χ4v) is 2.45. The van der Waals surface area contributed by atoms with Crippen molar-refractivity contribution in [1.82, 2.24) is 4.90 Å². The second kappa shape index (κ2) is 7.19. The second-order valence-electron chi connectivity index (χ2n) is 4.37. The number of benzene rings is 1. The monoisotopic (exact) mass is 344 g/mol. The number of morpholine rings is 1. The summed E-state index contributed by atoms with van der Waals surface area (Å²) in [6.07, 6.45) is -0.130. The number of halogens is 1. The summed E-state index contributed by atoms with van der Waals surface area (Å²) in [5.41, 5.74) is 5.61. The molecule has 0 spiro atoms. The van der Waals surface area contributed by atoms with Gasteiger partial charge in [-0.25, -0.2) is 0 Å². The molecule has 104 valence electrons. The summed E-state index contributed by atoms with van der Waals surface area (Å²) < 4.78 is 12.2. The quantitative estimate of drug-likeness (QED) is 0.825. The average Bonchev–Trinajstić information content (AvgIpc) is 2.39. The van der Waals surface area contributed by atoms with Crippen LogP contribution in [0.4, 0.5) is 0 Å². The lowest BCUT2D eigenvalue weighted by Crippen LogP contribution is -2.48. The Balaban J connectivity index is 1.75. The smallest absolute Gasteiger partial charge is 0.120 e. The van der Waals surface area contributed by atoms with Gasteiger partial charge in [0.05, 0.1) is 6.61 Å². The standard InChI is InChI=1S/C13H17BrN2O2S/c14-10-2-1-3-11(8-10)17-6-4-16-5-7-18-12(9-16)13(15)19/h1-3,8,12H,4-7,9H2,(H2,15,19). The summed E-state index contributed by atoms with van der Waals surface area (Å²) >= 11 is 8.38. The van der Waals surface area contributed by atoms with Crippen molar-refractivity contribution in [3.63, 3.8) is 0 Å². The lowest BCUT2D eigenvalue weighted by molar-refractivity contribution is 0.00306. The highest BCUT2D eigenvalue weighted by molar-refractivity contribution is 9.10. The Hall–Kier alpha value is -0.690. The van der Waals surface area contributed by atoms with Gasteiger partial charge >= 0.3 is 0 Å². The van der Waals surface area contributed by atoms with Gasteiger partial charge in [0.1, 0.15) is 23.4 Å². The first kappa shape index (κ1) is 14.7. The van der Waals surface area contributed by atoms with Gasteiger partial charge in [0.15, 0.2) is 0 Å². The van der Waals surface area contributed by atoms with Crippen LogP contribution < -0.4 is 10.5 Å². The molecule has 0 aromatic heterocycles. The third-order valence-corrected chi connectivity index (χ3v) is 3.70. The Labute approximate surface area is 127 Å². The molecule has 0 aliphatic carbocycles. The minimum absolute atomic E-state index is 0.130. The van der Waals surface area contributed by atoms with Crippen LogP contribution in [-0.2, 0) is 4.74 Å². The van der Waals surface area contributed by atoms with Gasteiger partial charge in [0.25, 0.3) is 0 Å². The minimum atomic E-state index is -0.130. The van der Waals surface area contributed by atoms with E-state index in [2.05, 4.69) is 20.8 Å². The van der Waals surface area contributed by atoms with Crippen LogP contribution in [0.15, 0.2) is 28.7 Å². The van der Waals surface area contributed by atoms with Gasteiger partial charge in [0, 0.05) is 24.1 Å². The van der Waals surface area contributed by atoms with Gasteiger partial charge in [-0.1, -0.05) is 34.2 Å². The first-order valence-electron chi connectivity index (χ1n) is 6.17. The van der Waals surface area contributed by atoms with Crippen molar-refractivity contribution < 1.29 is 9.47 Å². The maximum Gasteiger partial charge on any atom is 0.120 e. The molecule has 1 saturated heterocycles. The Bertz CT molecular complexity index is 444. The molecule has 1 aliphatic rings. The van der Waals surface area contributed by atoms with E-state index < -0.39 is 0 Å². The number of hydrogen-bond donors (Lipinski definition) is 1. The third kappa shape index (κ3) is 4.72. The van der Waals surface area contributed by atoms with Crippen molar-refractivity contribution in [2.75, 3.05) is 32.8 Å². The lowest BCUT2D eigenvalue weighted by atomic mass is 10.2. The van der Waals surface area contributed by atoms with Crippen LogP contribution >= 0.6 is 28.1 Å². The normalized spacial score (nSPS) is 20.2. The topological polar surface area (TPSA) is 47.7 Å². The maximum atomic E-state index is 5.71. The van der Waals surface area contributed by atoms with E-state index in [9.17, 15) is 0 Å². The van der Waals surface area contributed by atoms with Crippen LogP contribution in [0.5, 0.6) is 5.75 Å². The van der Waals surface area contributed by atoms with E-state index >= 15 is 0 Å². The lowest BCUT2D eigenvalue weighted by Gasteiger charge is -2.32. The molecule has 0 amide bonds. The molecule has 1 aromatic rings. The molecule has 1 atom stereocenters. The van der Waals surface area contributed by atoms with Crippen LogP contribution in [0.3, 0.4) is 0 Å². The first-order chi connectivity index (χ1) is 9.15. The summed E-state index contributed by atoms with van der Waals surface area (Å²) in [6, 6.07) is 7.83. The number of hydrogen-bond acceptors (Lipinski definition) is 4. The van der Waals surface area contributed by atoms with Gasteiger partial charge in [0.2, 0.25) is 0 Å². The predicted molar refractivity (Wildman–Crippen MR) is 82.6 cm³/mol. The molecule has 1 aliphatic heterocycles. The van der Waals surface area contributed by atoms with Crippen molar-refractivity contribution in [3.05, 3.63) is 28.7 Å². The second-order valence-corrected chi connectivity index (χ2v) is 5.76. The molecule has 0 saturated carbocycles. The predicted octanol–water partition coefficient (Wildman–Crippen LogP) is 1.81. The van der Waals surface area contributed by atoms with Crippen molar-refractivity contribution in [2.24, 2.45) is 5.73 Å². The van der Waals surface area contributed by atoms with Gasteiger partial charge < -0.3 is 15.2 Å². The zero-order valence-electron chi connectivity index (χ0n) is 10.5.